The maximum absolute atomic E-state index is 14.4. The summed E-state index contributed by atoms with van der Waals surface area (Å²) in [5.41, 5.74) is 6.86. The third-order valence-electron chi connectivity index (χ3n) is 3.84. The predicted octanol–water partition coefficient (Wildman–Crippen LogP) is 4.15. The molecule has 9 heteroatoms. The number of rotatable bonds is 8. The fraction of sp³-hybridized carbons (Fsp3) is 0.300. The van der Waals surface area contributed by atoms with Crippen molar-refractivity contribution in [1.82, 2.24) is 10.2 Å². The van der Waals surface area contributed by atoms with Gasteiger partial charge in [0.25, 0.3) is 0 Å². The maximum Gasteiger partial charge on any atom is 0.165 e. The Morgan fingerprint density at radius 3 is 2.52 bits per heavy atom. The Morgan fingerprint density at radius 2 is 1.86 bits per heavy atom. The highest BCUT2D eigenvalue weighted by Gasteiger charge is 2.16. The second-order valence-electron chi connectivity index (χ2n) is 6.62. The van der Waals surface area contributed by atoms with Crippen LogP contribution in [0.4, 0.5) is 4.39 Å². The van der Waals surface area contributed by atoms with Gasteiger partial charge in [0.05, 0.1) is 23.8 Å². The summed E-state index contributed by atoms with van der Waals surface area (Å²) in [4.78, 5) is 0. The van der Waals surface area contributed by atoms with E-state index in [0.717, 1.165) is 11.3 Å². The van der Waals surface area contributed by atoms with Gasteiger partial charge in [0.2, 0.25) is 0 Å². The fourth-order valence-corrected chi connectivity index (χ4v) is 3.63. The molecule has 0 fully saturated rings. The first-order valence-electron chi connectivity index (χ1n) is 8.96. The van der Waals surface area contributed by atoms with E-state index in [4.69, 9.17) is 31.9 Å². The third-order valence-corrected chi connectivity index (χ3v) is 5.16. The van der Waals surface area contributed by atoms with Gasteiger partial charge in [-0.2, -0.15) is 0 Å². The molecule has 29 heavy (non-hydrogen) atoms. The zero-order valence-corrected chi connectivity index (χ0v) is 17.5. The number of benzene rings is 2. The number of nitrogens with two attached hydrogens (primary N) is 1. The predicted molar refractivity (Wildman–Crippen MR) is 112 cm³/mol. The molecule has 0 radical (unpaired) electrons. The average molecular weight is 438 g/mol. The van der Waals surface area contributed by atoms with Crippen molar-refractivity contribution in [1.29, 1.82) is 0 Å². The van der Waals surface area contributed by atoms with Gasteiger partial charge in [0.15, 0.2) is 11.6 Å². The third kappa shape index (κ3) is 5.42. The van der Waals surface area contributed by atoms with Crippen LogP contribution in [0, 0.1) is 5.82 Å². The number of halogens is 2. The topological polar surface area (TPSA) is 90.5 Å². The number of aliphatic hydroxyl groups is 1. The molecular weight excluding hydrogens is 417 g/mol. The zero-order chi connectivity index (χ0) is 21.0. The van der Waals surface area contributed by atoms with Crippen molar-refractivity contribution in [2.75, 3.05) is 13.2 Å². The van der Waals surface area contributed by atoms with Gasteiger partial charge < -0.3 is 20.3 Å². The maximum atomic E-state index is 14.4. The largest absolute Gasteiger partial charge is 0.491 e. The molecule has 3 aromatic rings. The van der Waals surface area contributed by atoms with Gasteiger partial charge in [-0.3, -0.25) is 0 Å². The lowest BCUT2D eigenvalue weighted by atomic mass is 10.2. The van der Waals surface area contributed by atoms with Crippen molar-refractivity contribution >= 4 is 22.9 Å². The average Bonchev–Trinajstić information content (AvgIpc) is 3.18. The lowest BCUT2D eigenvalue weighted by molar-refractivity contribution is 0.202. The molecule has 3 rings (SSSR count). The van der Waals surface area contributed by atoms with Crippen molar-refractivity contribution in [3.63, 3.8) is 0 Å². The van der Waals surface area contributed by atoms with E-state index in [1.54, 1.807) is 0 Å². The smallest absolute Gasteiger partial charge is 0.165 e. The van der Waals surface area contributed by atoms with Crippen LogP contribution in [-0.2, 0) is 0 Å². The van der Waals surface area contributed by atoms with Gasteiger partial charge in [-0.05, 0) is 44.2 Å². The van der Waals surface area contributed by atoms with Gasteiger partial charge in [-0.1, -0.05) is 22.9 Å². The summed E-state index contributed by atoms with van der Waals surface area (Å²) in [6.45, 7) is 3.64. The molecule has 6 nitrogen and oxygen atoms in total. The Labute approximate surface area is 177 Å². The molecule has 154 valence electrons. The molecule has 2 aromatic carbocycles. The highest BCUT2D eigenvalue weighted by atomic mass is 35.5. The number of ether oxygens (including phenoxy) is 2. The van der Waals surface area contributed by atoms with Crippen LogP contribution in [0.25, 0.3) is 21.1 Å². The van der Waals surface area contributed by atoms with Crippen LogP contribution in [0.1, 0.15) is 13.8 Å². The minimum Gasteiger partial charge on any atom is -0.491 e. The molecule has 0 amide bonds. The van der Waals surface area contributed by atoms with E-state index >= 15 is 0 Å². The van der Waals surface area contributed by atoms with Crippen LogP contribution in [0.5, 0.6) is 11.5 Å². The Kier molecular flexibility index (Phi) is 7.02. The number of aromatic nitrogens is 2. The molecule has 0 bridgehead atoms. The van der Waals surface area contributed by atoms with Gasteiger partial charge in [-0.15, -0.1) is 10.2 Å². The van der Waals surface area contributed by atoms with E-state index in [0.29, 0.717) is 15.6 Å². The van der Waals surface area contributed by atoms with E-state index in [1.165, 1.54) is 23.5 Å². The standard InChI is InChI=1S/C20H21ClFN3O3S/c1-11(2)28-14-5-3-12(4-6-14)19-24-25-20(29-19)15-7-17(22)18(8-16(15)21)27-10-13(23)9-26/h3-8,11,13,26H,9-10,23H2,1-2H3/t13-/m1/s1. The van der Waals surface area contributed by atoms with Crippen LogP contribution in [0.15, 0.2) is 36.4 Å². The van der Waals surface area contributed by atoms with Crippen molar-refractivity contribution in [2.45, 2.75) is 26.0 Å². The van der Waals surface area contributed by atoms with Crippen molar-refractivity contribution in [2.24, 2.45) is 5.73 Å². The quantitative estimate of drug-likeness (QED) is 0.550. The highest BCUT2D eigenvalue weighted by molar-refractivity contribution is 7.18. The summed E-state index contributed by atoms with van der Waals surface area (Å²) in [5, 5.41) is 18.7. The van der Waals surface area contributed by atoms with E-state index in [9.17, 15) is 4.39 Å². The molecule has 0 aliphatic rings. The molecule has 1 aromatic heterocycles. The van der Waals surface area contributed by atoms with Gasteiger partial charge >= 0.3 is 0 Å². The fourth-order valence-electron chi connectivity index (χ4n) is 2.45. The lowest BCUT2D eigenvalue weighted by Crippen LogP contribution is -2.31. The van der Waals surface area contributed by atoms with Gasteiger partial charge in [0, 0.05) is 17.2 Å². The number of hydrogen-bond donors (Lipinski definition) is 2. The molecule has 0 saturated carbocycles. The molecule has 0 spiro atoms. The first kappa shape index (κ1) is 21.4. The Morgan fingerprint density at radius 1 is 1.17 bits per heavy atom. The second kappa shape index (κ2) is 9.49. The summed E-state index contributed by atoms with van der Waals surface area (Å²) >= 11 is 7.61. The monoisotopic (exact) mass is 437 g/mol. The molecule has 0 saturated heterocycles. The SMILES string of the molecule is CC(C)Oc1ccc(-c2nnc(-c3cc(F)c(OC[C@H](N)CO)cc3Cl)s2)cc1. The number of aliphatic hydroxyl groups excluding tert-OH is 1. The van der Waals surface area contributed by atoms with Gasteiger partial charge in [-0.25, -0.2) is 4.39 Å². The molecular formula is C20H21ClFN3O3S. The van der Waals surface area contributed by atoms with E-state index in [-0.39, 0.29) is 30.1 Å². The lowest BCUT2D eigenvalue weighted by Gasteiger charge is -2.12. The van der Waals surface area contributed by atoms with Crippen LogP contribution < -0.4 is 15.2 Å². The molecule has 1 heterocycles. The van der Waals surface area contributed by atoms with Crippen molar-refractivity contribution in [3.05, 3.63) is 47.2 Å². The molecule has 0 aliphatic carbocycles. The van der Waals surface area contributed by atoms with E-state index < -0.39 is 11.9 Å². The van der Waals surface area contributed by atoms with Crippen LogP contribution >= 0.6 is 22.9 Å². The zero-order valence-electron chi connectivity index (χ0n) is 15.9. The summed E-state index contributed by atoms with van der Waals surface area (Å²) in [7, 11) is 0. The van der Waals surface area contributed by atoms with Crippen LogP contribution in [-0.4, -0.2) is 40.7 Å². The minimum absolute atomic E-state index is 0.0252. The summed E-state index contributed by atoms with van der Waals surface area (Å²) < 4.78 is 25.3. The number of nitrogens with zero attached hydrogens (tertiary/aromatic N) is 2. The van der Waals surface area contributed by atoms with Crippen molar-refractivity contribution in [3.8, 4) is 32.6 Å². The normalized spacial score (nSPS) is 12.2. The number of hydrogen-bond acceptors (Lipinski definition) is 7. The first-order valence-corrected chi connectivity index (χ1v) is 10.2. The van der Waals surface area contributed by atoms with Gasteiger partial charge in [0.1, 0.15) is 22.4 Å². The second-order valence-corrected chi connectivity index (χ2v) is 8.00. The molecule has 0 aliphatic heterocycles. The highest BCUT2D eigenvalue weighted by Crippen LogP contribution is 2.37. The van der Waals surface area contributed by atoms with E-state index in [2.05, 4.69) is 10.2 Å². The Bertz CT molecular complexity index is 966. The van der Waals surface area contributed by atoms with Crippen LogP contribution in [0.3, 0.4) is 0 Å². The van der Waals surface area contributed by atoms with E-state index in [1.807, 2.05) is 38.1 Å². The summed E-state index contributed by atoms with van der Waals surface area (Å²) in [6, 6.07) is 9.55. The Hall–Kier alpha value is -2.26. The first-order chi connectivity index (χ1) is 13.9. The summed E-state index contributed by atoms with van der Waals surface area (Å²) in [6.07, 6.45) is 0.0948. The molecule has 3 N–H and O–H groups in total. The molecule has 0 unspecified atom stereocenters. The minimum atomic E-state index is -0.601. The summed E-state index contributed by atoms with van der Waals surface area (Å²) in [5.74, 6) is 0.143. The Balaban J connectivity index is 1.80. The molecule has 1 atom stereocenters. The van der Waals surface area contributed by atoms with Crippen molar-refractivity contribution < 1.29 is 19.0 Å². The van der Waals surface area contributed by atoms with Crippen LogP contribution in [0.2, 0.25) is 5.02 Å².